The molecular weight excluding hydrogens is 669 g/mol. The van der Waals surface area contributed by atoms with Crippen LogP contribution in [0.5, 0.6) is 0 Å². The van der Waals surface area contributed by atoms with E-state index in [0.29, 0.717) is 11.2 Å². The Morgan fingerprint density at radius 3 is 2.57 bits per heavy atom. The predicted octanol–water partition coefficient (Wildman–Crippen LogP) is 0.719. The molecule has 3 saturated heterocycles. The van der Waals surface area contributed by atoms with E-state index in [1.807, 2.05) is 0 Å². The van der Waals surface area contributed by atoms with Gasteiger partial charge in [-0.15, -0.1) is 0 Å². The van der Waals surface area contributed by atoms with Gasteiger partial charge in [-0.25, -0.2) is 28.9 Å². The van der Waals surface area contributed by atoms with Gasteiger partial charge in [-0.05, 0) is 11.8 Å². The minimum absolute atomic E-state index is 0.0575. The predicted molar refractivity (Wildman–Crippen MR) is 154 cm³/mol. The minimum atomic E-state index is -4.30. The van der Waals surface area contributed by atoms with Crippen molar-refractivity contribution >= 4 is 71.7 Å². The number of nitrogens with one attached hydrogen (secondary N) is 1. The molecular formula is C20H23FN10O9P2S2. The number of aromatic nitrogens is 8. The van der Waals surface area contributed by atoms with Crippen LogP contribution in [0, 0.1) is 0 Å². The van der Waals surface area contributed by atoms with Gasteiger partial charge >= 0.3 is 13.5 Å². The SMILES string of the molecule is Nc1nc2c(ncn2[C@@H]2O[C@@H]3COP(O)(=S)O[C@@H]4C[C@@H](COP(=O)(S)O[C@@H]2[C@@H]3F)O[C@H]4n2cnc3c(N)ncnc32)c(=O)[nH]1. The Morgan fingerprint density at radius 1 is 1.02 bits per heavy atom. The van der Waals surface area contributed by atoms with Crippen LogP contribution >= 0.6 is 25.8 Å². The van der Waals surface area contributed by atoms with E-state index in [-0.39, 0.29) is 36.0 Å². The number of nitrogens with two attached hydrogens (primary N) is 2. The number of thiol groups is 1. The molecule has 0 saturated carbocycles. The second-order valence-corrected chi connectivity index (χ2v) is 15.7. The van der Waals surface area contributed by atoms with Crippen LogP contribution in [0.25, 0.3) is 22.3 Å². The summed E-state index contributed by atoms with van der Waals surface area (Å²) >= 11 is 9.32. The van der Waals surface area contributed by atoms with Crippen molar-refractivity contribution in [3.05, 3.63) is 29.3 Å². The summed E-state index contributed by atoms with van der Waals surface area (Å²) in [6.07, 6.45) is -5.32. The number of H-pyrrole nitrogens is 1. The van der Waals surface area contributed by atoms with Crippen LogP contribution in [-0.4, -0.2) is 87.7 Å². The normalized spacial score (nSPS) is 36.6. The first-order chi connectivity index (χ1) is 20.9. The molecule has 3 aliphatic rings. The summed E-state index contributed by atoms with van der Waals surface area (Å²) in [6.45, 7) is -9.32. The molecule has 4 aromatic heterocycles. The second-order valence-electron chi connectivity index (χ2n) is 9.99. The van der Waals surface area contributed by atoms with Crippen molar-refractivity contribution in [2.24, 2.45) is 0 Å². The Balaban J connectivity index is 1.21. The van der Waals surface area contributed by atoms with Gasteiger partial charge in [-0.1, -0.05) is 12.2 Å². The molecule has 4 aromatic rings. The molecule has 0 amide bonds. The molecule has 3 fully saturated rings. The first-order valence-corrected chi connectivity index (χ1v) is 18.1. The number of halogens is 1. The lowest BCUT2D eigenvalue weighted by Crippen LogP contribution is -2.32. The number of hydrogen-bond acceptors (Lipinski definition) is 16. The van der Waals surface area contributed by atoms with Gasteiger partial charge in [-0.3, -0.25) is 28.0 Å². The molecule has 2 unspecified atom stereocenters. The zero-order chi connectivity index (χ0) is 31.0. The van der Waals surface area contributed by atoms with Crippen LogP contribution in [0.4, 0.5) is 16.2 Å². The Labute approximate surface area is 255 Å². The monoisotopic (exact) mass is 692 g/mol. The summed E-state index contributed by atoms with van der Waals surface area (Å²) in [4.78, 5) is 46.0. The Bertz CT molecular complexity index is 1910. The fourth-order valence-corrected chi connectivity index (χ4v) is 8.16. The molecule has 0 aliphatic carbocycles. The van der Waals surface area contributed by atoms with Crippen molar-refractivity contribution in [3.8, 4) is 0 Å². The van der Waals surface area contributed by atoms with E-state index < -0.39 is 68.7 Å². The molecule has 0 radical (unpaired) electrons. The molecule has 6 N–H and O–H groups in total. The highest BCUT2D eigenvalue weighted by Crippen LogP contribution is 2.58. The summed E-state index contributed by atoms with van der Waals surface area (Å²) in [5.74, 6) is -0.0980. The Kier molecular flexibility index (Phi) is 7.53. The van der Waals surface area contributed by atoms with Gasteiger partial charge in [0.25, 0.3) is 5.56 Å². The number of fused-ring (bicyclic) bond motifs is 6. The Hall–Kier alpha value is -2.62. The second kappa shape index (κ2) is 11.0. The lowest BCUT2D eigenvalue weighted by Gasteiger charge is -2.25. The first kappa shape index (κ1) is 30.1. The number of nitrogens with zero attached hydrogens (tertiary/aromatic N) is 7. The minimum Gasteiger partial charge on any atom is -0.382 e. The molecule has 24 heteroatoms. The quantitative estimate of drug-likeness (QED) is 0.143. The lowest BCUT2D eigenvalue weighted by molar-refractivity contribution is -0.0590. The molecule has 3 aliphatic heterocycles. The largest absolute Gasteiger partial charge is 0.386 e. The number of anilines is 2. The van der Waals surface area contributed by atoms with Crippen LogP contribution in [0.15, 0.2) is 23.8 Å². The highest BCUT2D eigenvalue weighted by molar-refractivity contribution is 8.44. The number of hydrogen-bond donors (Lipinski definition) is 5. The van der Waals surface area contributed by atoms with Crippen LogP contribution < -0.4 is 17.0 Å². The number of ether oxygens (including phenoxy) is 2. The zero-order valence-electron chi connectivity index (χ0n) is 22.0. The Morgan fingerprint density at radius 2 is 1.77 bits per heavy atom. The standard InChI is InChI=1S/C20H23FN10O9P2S2/c21-10-9-3-36-41(33,43)39-8-1-7(37-18(8)30-5-26-11-14(22)24-4-25-15(11)30)2-35-42(34,44)40-13(10)19(38-9)31-6-27-12-16(31)28-20(23)29-17(12)32/h4-10,13,18-19H,1-3H2,(H,33,43)(H,34,44)(H2,22,24,25)(H3,23,28,29,32)/t7-,8+,9+,10+,13+,18+,19+,41?,42?/m0/s1. The third kappa shape index (κ3) is 5.43. The van der Waals surface area contributed by atoms with Crippen molar-refractivity contribution in [2.75, 3.05) is 24.7 Å². The lowest BCUT2D eigenvalue weighted by atomic mass is 10.1. The number of imidazole rings is 2. The highest BCUT2D eigenvalue weighted by Gasteiger charge is 2.52. The van der Waals surface area contributed by atoms with Gasteiger partial charge in [0.05, 0.1) is 32.0 Å². The topological polar surface area (TPSA) is 252 Å². The average Bonchev–Trinajstić information content (AvgIpc) is 3.72. The van der Waals surface area contributed by atoms with Crippen LogP contribution in [0.1, 0.15) is 18.9 Å². The van der Waals surface area contributed by atoms with Crippen molar-refractivity contribution in [3.63, 3.8) is 0 Å². The van der Waals surface area contributed by atoms with Crippen LogP contribution in [0.3, 0.4) is 0 Å². The molecule has 236 valence electrons. The summed E-state index contributed by atoms with van der Waals surface area (Å²) in [7, 11) is 0. The third-order valence-electron chi connectivity index (χ3n) is 7.14. The van der Waals surface area contributed by atoms with Crippen molar-refractivity contribution in [1.82, 2.24) is 39.0 Å². The van der Waals surface area contributed by atoms with E-state index in [2.05, 4.69) is 42.2 Å². The first-order valence-electron chi connectivity index (χ1n) is 12.8. The van der Waals surface area contributed by atoms with Gasteiger partial charge in [0.2, 0.25) is 5.95 Å². The molecule has 0 spiro atoms. The van der Waals surface area contributed by atoms with Gasteiger partial charge in [0, 0.05) is 6.42 Å². The van der Waals surface area contributed by atoms with Gasteiger partial charge in [-0.2, -0.15) is 4.98 Å². The van der Waals surface area contributed by atoms with E-state index >= 15 is 4.39 Å². The van der Waals surface area contributed by atoms with Crippen molar-refractivity contribution < 1.29 is 41.4 Å². The number of rotatable bonds is 2. The molecule has 19 nitrogen and oxygen atoms in total. The number of alkyl halides is 1. The van der Waals surface area contributed by atoms with Gasteiger partial charge in [0.15, 0.2) is 41.3 Å². The van der Waals surface area contributed by atoms with E-state index in [1.165, 1.54) is 21.8 Å². The van der Waals surface area contributed by atoms with Crippen molar-refractivity contribution in [1.29, 1.82) is 0 Å². The van der Waals surface area contributed by atoms with E-state index in [1.54, 1.807) is 0 Å². The number of aromatic amines is 1. The van der Waals surface area contributed by atoms with Gasteiger partial charge < -0.3 is 34.9 Å². The highest BCUT2D eigenvalue weighted by atomic mass is 32.7. The molecule has 9 atom stereocenters. The van der Waals surface area contributed by atoms with Crippen LogP contribution in [0.2, 0.25) is 0 Å². The zero-order valence-corrected chi connectivity index (χ0v) is 25.5. The van der Waals surface area contributed by atoms with E-state index in [0.717, 1.165) is 6.33 Å². The maximum absolute atomic E-state index is 15.9. The summed E-state index contributed by atoms with van der Waals surface area (Å²) < 4.78 is 66.5. The smallest absolute Gasteiger partial charge is 0.382 e. The maximum atomic E-state index is 15.9. The van der Waals surface area contributed by atoms with Crippen molar-refractivity contribution in [2.45, 2.75) is 49.5 Å². The third-order valence-corrected chi connectivity index (χ3v) is 10.3. The van der Waals surface area contributed by atoms with E-state index in [4.69, 9.17) is 50.8 Å². The van der Waals surface area contributed by atoms with Gasteiger partial charge in [0.1, 0.15) is 30.2 Å². The molecule has 44 heavy (non-hydrogen) atoms. The van der Waals surface area contributed by atoms with E-state index in [9.17, 15) is 14.3 Å². The maximum Gasteiger partial charge on any atom is 0.386 e. The fraction of sp³-hybridized carbons (Fsp3) is 0.500. The molecule has 0 aromatic carbocycles. The summed E-state index contributed by atoms with van der Waals surface area (Å²) in [5, 5.41) is 0. The average molecular weight is 693 g/mol. The molecule has 7 heterocycles. The number of nitrogen functional groups attached to an aromatic ring is 2. The fourth-order valence-electron chi connectivity index (χ4n) is 5.24. The van der Waals surface area contributed by atoms with Crippen LogP contribution in [-0.2, 0) is 43.9 Å². The summed E-state index contributed by atoms with van der Waals surface area (Å²) in [6, 6.07) is 0. The molecule has 7 rings (SSSR count). The molecule has 4 bridgehead atoms. The summed E-state index contributed by atoms with van der Waals surface area (Å²) in [5.41, 5.74) is 11.4.